The van der Waals surface area contributed by atoms with Gasteiger partial charge in [0.2, 0.25) is 0 Å². The molecule has 5 nitrogen and oxygen atoms in total. The van der Waals surface area contributed by atoms with Crippen LogP contribution < -0.4 is 10.2 Å². The zero-order chi connectivity index (χ0) is 18.1. The van der Waals surface area contributed by atoms with Crippen LogP contribution in [0.4, 0.5) is 5.69 Å². The average Bonchev–Trinajstić information content (AvgIpc) is 2.56. The topological polar surface area (TPSA) is 69.6 Å². The molecule has 3 rings (SSSR count). The third-order valence-electron chi connectivity index (χ3n) is 3.48. The summed E-state index contributed by atoms with van der Waals surface area (Å²) >= 11 is 14.3. The molecule has 1 aliphatic rings. The average molecular weight is 438 g/mol. The minimum absolute atomic E-state index is 0.0204. The number of nitrogens with zero attached hydrogens (tertiary/aromatic N) is 1. The Morgan fingerprint density at radius 1 is 1.16 bits per heavy atom. The van der Waals surface area contributed by atoms with Crippen molar-refractivity contribution in [1.29, 1.82) is 0 Å². The number of anilines is 1. The first-order valence-corrected chi connectivity index (χ1v) is 8.60. The van der Waals surface area contributed by atoms with Crippen LogP contribution in [0.15, 0.2) is 52.5 Å². The van der Waals surface area contributed by atoms with E-state index in [1.165, 1.54) is 17.0 Å². The fraction of sp³-hybridized carbons (Fsp3) is 0. The second-order valence-electron chi connectivity index (χ2n) is 5.14. The van der Waals surface area contributed by atoms with E-state index in [1.54, 1.807) is 36.4 Å². The van der Waals surface area contributed by atoms with E-state index in [4.69, 9.17) is 23.8 Å². The van der Waals surface area contributed by atoms with Gasteiger partial charge in [-0.15, -0.1) is 0 Å². The van der Waals surface area contributed by atoms with Crippen LogP contribution >= 0.6 is 39.7 Å². The smallest absolute Gasteiger partial charge is 0.270 e. The number of benzene rings is 2. The van der Waals surface area contributed by atoms with Gasteiger partial charge in [0.25, 0.3) is 11.8 Å². The fourth-order valence-corrected chi connectivity index (χ4v) is 3.06. The maximum absolute atomic E-state index is 12.8. The molecule has 2 amide bonds. The van der Waals surface area contributed by atoms with Gasteiger partial charge >= 0.3 is 0 Å². The van der Waals surface area contributed by atoms with Crippen LogP contribution in [-0.4, -0.2) is 22.0 Å². The molecule has 0 atom stereocenters. The number of carbonyl (C=O) groups excluding carboxylic acids is 2. The number of phenols is 1. The maximum atomic E-state index is 12.8. The first-order chi connectivity index (χ1) is 11.9. The van der Waals surface area contributed by atoms with Gasteiger partial charge in [-0.25, -0.2) is 0 Å². The summed E-state index contributed by atoms with van der Waals surface area (Å²) in [6.07, 6.45) is 1.32. The first kappa shape index (κ1) is 17.6. The molecule has 1 saturated heterocycles. The molecule has 2 aromatic rings. The van der Waals surface area contributed by atoms with Gasteiger partial charge in [0.05, 0.1) is 5.69 Å². The van der Waals surface area contributed by atoms with E-state index in [2.05, 4.69) is 21.2 Å². The van der Waals surface area contributed by atoms with Crippen LogP contribution in [0.3, 0.4) is 0 Å². The van der Waals surface area contributed by atoms with Crippen molar-refractivity contribution in [2.45, 2.75) is 0 Å². The molecule has 25 heavy (non-hydrogen) atoms. The predicted molar refractivity (Wildman–Crippen MR) is 103 cm³/mol. The van der Waals surface area contributed by atoms with Gasteiger partial charge in [0.15, 0.2) is 5.11 Å². The van der Waals surface area contributed by atoms with Gasteiger partial charge in [-0.2, -0.15) is 0 Å². The van der Waals surface area contributed by atoms with Crippen LogP contribution in [0.1, 0.15) is 5.56 Å². The lowest BCUT2D eigenvalue weighted by molar-refractivity contribution is -0.122. The molecule has 0 aromatic heterocycles. The molecule has 1 fully saturated rings. The maximum Gasteiger partial charge on any atom is 0.270 e. The standard InChI is InChI=1S/C17H10BrClN2O3S/c18-10-1-6-14(22)9(7-10)8-13-15(23)20-17(25)21(16(13)24)12-4-2-11(19)3-5-12/h1-8,22H,(H,20,23,25). The number of carbonyl (C=O) groups is 2. The Morgan fingerprint density at radius 3 is 2.52 bits per heavy atom. The normalized spacial score (nSPS) is 16.3. The molecule has 0 spiro atoms. The molecule has 0 saturated carbocycles. The van der Waals surface area contributed by atoms with Crippen molar-refractivity contribution in [3.05, 3.63) is 63.1 Å². The number of phenolic OH excluding ortho intramolecular Hbond substituents is 1. The molecule has 126 valence electrons. The van der Waals surface area contributed by atoms with Gasteiger partial charge in [0.1, 0.15) is 11.3 Å². The molecule has 0 radical (unpaired) electrons. The van der Waals surface area contributed by atoms with Crippen LogP contribution in [0.25, 0.3) is 6.08 Å². The number of thiocarbonyl (C=S) groups is 1. The van der Waals surface area contributed by atoms with Crippen molar-refractivity contribution in [2.24, 2.45) is 0 Å². The third-order valence-corrected chi connectivity index (χ3v) is 4.51. The molecule has 0 bridgehead atoms. The monoisotopic (exact) mass is 436 g/mol. The number of hydrogen-bond donors (Lipinski definition) is 2. The van der Waals surface area contributed by atoms with Crippen molar-refractivity contribution in [1.82, 2.24) is 5.32 Å². The summed E-state index contributed by atoms with van der Waals surface area (Å²) in [4.78, 5) is 26.2. The molecule has 1 heterocycles. The van der Waals surface area contributed by atoms with E-state index in [9.17, 15) is 14.7 Å². The Morgan fingerprint density at radius 2 is 1.84 bits per heavy atom. The summed E-state index contributed by atoms with van der Waals surface area (Å²) in [5.74, 6) is -1.27. The Labute approximate surface area is 162 Å². The Hall–Kier alpha value is -2.22. The van der Waals surface area contributed by atoms with E-state index < -0.39 is 11.8 Å². The number of hydrogen-bond acceptors (Lipinski definition) is 4. The predicted octanol–water partition coefficient (Wildman–Crippen LogP) is 3.64. The molecule has 8 heteroatoms. The van der Waals surface area contributed by atoms with Gasteiger partial charge in [-0.3, -0.25) is 19.8 Å². The van der Waals surface area contributed by atoms with Crippen molar-refractivity contribution in [3.63, 3.8) is 0 Å². The Bertz CT molecular complexity index is 928. The summed E-state index contributed by atoms with van der Waals surface area (Å²) in [5, 5.41) is 12.9. The Kier molecular flexibility index (Phi) is 4.89. The van der Waals surface area contributed by atoms with E-state index in [-0.39, 0.29) is 16.4 Å². The van der Waals surface area contributed by atoms with E-state index in [0.29, 0.717) is 20.7 Å². The summed E-state index contributed by atoms with van der Waals surface area (Å²) in [7, 11) is 0. The first-order valence-electron chi connectivity index (χ1n) is 7.02. The number of nitrogens with one attached hydrogen (secondary N) is 1. The number of aromatic hydroxyl groups is 1. The summed E-state index contributed by atoms with van der Waals surface area (Å²) in [6, 6.07) is 11.2. The molecule has 2 aromatic carbocycles. The largest absolute Gasteiger partial charge is 0.507 e. The van der Waals surface area contributed by atoms with Crippen LogP contribution in [0.2, 0.25) is 5.02 Å². The summed E-state index contributed by atoms with van der Waals surface area (Å²) in [5.41, 5.74) is 0.664. The highest BCUT2D eigenvalue weighted by Crippen LogP contribution is 2.27. The second-order valence-corrected chi connectivity index (χ2v) is 6.88. The molecule has 1 aliphatic heterocycles. The summed E-state index contributed by atoms with van der Waals surface area (Å²) < 4.78 is 0.700. The zero-order valence-corrected chi connectivity index (χ0v) is 15.7. The van der Waals surface area contributed by atoms with Crippen LogP contribution in [-0.2, 0) is 9.59 Å². The fourth-order valence-electron chi connectivity index (χ4n) is 2.28. The Balaban J connectivity index is 2.05. The highest BCUT2D eigenvalue weighted by molar-refractivity contribution is 9.10. The van der Waals surface area contributed by atoms with E-state index in [0.717, 1.165) is 0 Å². The second kappa shape index (κ2) is 6.95. The van der Waals surface area contributed by atoms with Crippen LogP contribution in [0, 0.1) is 0 Å². The highest BCUT2D eigenvalue weighted by Gasteiger charge is 2.34. The summed E-state index contributed by atoms with van der Waals surface area (Å²) in [6.45, 7) is 0. The lowest BCUT2D eigenvalue weighted by Gasteiger charge is -2.29. The van der Waals surface area contributed by atoms with E-state index in [1.807, 2.05) is 0 Å². The molecule has 2 N–H and O–H groups in total. The van der Waals surface area contributed by atoms with Gasteiger partial charge in [-0.05, 0) is 60.8 Å². The molecular formula is C17H10BrClN2O3S. The lowest BCUT2D eigenvalue weighted by Crippen LogP contribution is -2.54. The lowest BCUT2D eigenvalue weighted by atomic mass is 10.1. The molecular weight excluding hydrogens is 428 g/mol. The minimum Gasteiger partial charge on any atom is -0.507 e. The van der Waals surface area contributed by atoms with Crippen molar-refractivity contribution < 1.29 is 14.7 Å². The van der Waals surface area contributed by atoms with Crippen molar-refractivity contribution >= 4 is 68.4 Å². The van der Waals surface area contributed by atoms with Gasteiger partial charge < -0.3 is 5.11 Å². The SMILES string of the molecule is O=C1NC(=S)N(c2ccc(Cl)cc2)C(=O)C1=Cc1cc(Br)ccc1O. The van der Waals surface area contributed by atoms with Crippen molar-refractivity contribution in [2.75, 3.05) is 4.90 Å². The number of rotatable bonds is 2. The number of amides is 2. The van der Waals surface area contributed by atoms with Crippen molar-refractivity contribution in [3.8, 4) is 5.75 Å². The van der Waals surface area contributed by atoms with E-state index >= 15 is 0 Å². The highest BCUT2D eigenvalue weighted by atomic mass is 79.9. The quantitative estimate of drug-likeness (QED) is 0.428. The molecule has 0 unspecified atom stereocenters. The zero-order valence-electron chi connectivity index (χ0n) is 12.5. The third kappa shape index (κ3) is 3.58. The molecule has 0 aliphatic carbocycles. The minimum atomic E-state index is -0.625. The number of halogens is 2. The van der Waals surface area contributed by atoms with Crippen LogP contribution in [0.5, 0.6) is 5.75 Å². The van der Waals surface area contributed by atoms with Gasteiger partial charge in [-0.1, -0.05) is 27.5 Å². The van der Waals surface area contributed by atoms with Gasteiger partial charge in [0, 0.05) is 15.1 Å².